The molecule has 6 aromatic rings. The Morgan fingerprint density at radius 1 is 0.562 bits per heavy atom. The summed E-state index contributed by atoms with van der Waals surface area (Å²) in [6.45, 7) is 6.80. The second kappa shape index (κ2) is 12.6. The van der Waals surface area contributed by atoms with Gasteiger partial charge in [0, 0.05) is 5.92 Å². The second-order valence-electron chi connectivity index (χ2n) is 13.5. The van der Waals surface area contributed by atoms with Crippen LogP contribution in [0.25, 0.3) is 33.9 Å². The number of rotatable bonds is 7. The smallest absolute Gasteiger partial charge is 0.0217 e. The molecule has 0 aromatic heterocycles. The maximum Gasteiger partial charge on any atom is 0.0217 e. The van der Waals surface area contributed by atoms with Gasteiger partial charge in [-0.2, -0.15) is 0 Å². The maximum atomic E-state index is 2.54. The predicted octanol–water partition coefficient (Wildman–Crippen LogP) is 10.2. The van der Waals surface area contributed by atoms with Crippen molar-refractivity contribution < 1.29 is 0 Å². The first-order chi connectivity index (χ1) is 23.5. The molecule has 2 aliphatic rings. The summed E-state index contributed by atoms with van der Waals surface area (Å²) in [5.74, 6) is 0.195. The van der Waals surface area contributed by atoms with Crippen molar-refractivity contribution >= 4 is 11.6 Å². The molecule has 8 rings (SSSR count). The van der Waals surface area contributed by atoms with E-state index >= 15 is 0 Å². The van der Waals surface area contributed by atoms with Gasteiger partial charge in [0.05, 0.1) is 0 Å². The van der Waals surface area contributed by atoms with Crippen LogP contribution in [0.5, 0.6) is 0 Å². The van der Waals surface area contributed by atoms with Crippen LogP contribution in [0, 0.1) is 31.2 Å². The van der Waals surface area contributed by atoms with Crippen LogP contribution < -0.4 is 10.4 Å². The predicted molar refractivity (Wildman–Crippen MR) is 203 cm³/mol. The molecule has 0 radical (unpaired) electrons. The highest BCUT2D eigenvalue weighted by molar-refractivity contribution is 5.80. The molecule has 0 fully saturated rings. The molecule has 0 spiro atoms. The van der Waals surface area contributed by atoms with Crippen LogP contribution in [0.15, 0.2) is 152 Å². The minimum Gasteiger partial charge on any atom is -0.0732 e. The van der Waals surface area contributed by atoms with Gasteiger partial charge in [-0.1, -0.05) is 151 Å². The fourth-order valence-electron chi connectivity index (χ4n) is 8.06. The number of aryl methyl sites for hydroxylation is 3. The molecule has 0 atom stereocenters. The summed E-state index contributed by atoms with van der Waals surface area (Å²) in [6.07, 6.45) is 13.4. The quantitative estimate of drug-likeness (QED) is 0.167. The number of fused-ring (bicyclic) bond motifs is 2. The molecule has 2 aliphatic carbocycles. The van der Waals surface area contributed by atoms with Gasteiger partial charge in [-0.25, -0.2) is 0 Å². The Hall–Kier alpha value is -5.46. The third-order valence-corrected chi connectivity index (χ3v) is 10.1. The summed E-state index contributed by atoms with van der Waals surface area (Å²) in [7, 11) is 0. The van der Waals surface area contributed by atoms with Gasteiger partial charge in [0.2, 0.25) is 0 Å². The van der Waals surface area contributed by atoms with E-state index in [0.717, 1.165) is 12.8 Å². The monoisotopic (exact) mass is 616 g/mol. The minimum absolute atomic E-state index is 0.195. The van der Waals surface area contributed by atoms with E-state index in [1.165, 1.54) is 87.6 Å². The molecule has 0 unspecified atom stereocenters. The lowest BCUT2D eigenvalue weighted by molar-refractivity contribution is 1.05. The zero-order chi connectivity index (χ0) is 32.6. The van der Waals surface area contributed by atoms with Crippen molar-refractivity contribution in [2.45, 2.75) is 39.5 Å². The summed E-state index contributed by atoms with van der Waals surface area (Å²) in [5.41, 5.74) is 16.1. The van der Waals surface area contributed by atoms with Crippen LogP contribution in [0.4, 0.5) is 0 Å². The highest BCUT2D eigenvalue weighted by atomic mass is 14.3. The highest BCUT2D eigenvalue weighted by Crippen LogP contribution is 2.35. The van der Waals surface area contributed by atoms with Gasteiger partial charge >= 0.3 is 0 Å². The van der Waals surface area contributed by atoms with Crippen molar-refractivity contribution in [2.75, 3.05) is 0 Å². The third-order valence-electron chi connectivity index (χ3n) is 10.1. The lowest BCUT2D eigenvalue weighted by Gasteiger charge is -2.22. The Morgan fingerprint density at radius 3 is 1.75 bits per heavy atom. The van der Waals surface area contributed by atoms with E-state index in [-0.39, 0.29) is 5.92 Å². The van der Waals surface area contributed by atoms with Crippen molar-refractivity contribution in [1.82, 2.24) is 0 Å². The standard InChI is InChI=1S/C48H40/c1-32-25-33(2)46(34(3)26-32)45-31-43-42-29-39(37-19-11-6-12-20-37)23-24-40(42)30-44(43)47(38-21-13-14-22-38)48(45)41(27-35-15-7-4-8-16-35)28-36-17-9-5-10-18-36/h4-26,29-31,38H,27-28H2,1-3H3. The molecule has 0 nitrogen and oxygen atoms in total. The molecule has 0 N–H and O–H groups in total. The Morgan fingerprint density at radius 2 is 1.15 bits per heavy atom. The Bertz CT molecular complexity index is 2370. The number of benzene rings is 6. The lowest BCUT2D eigenvalue weighted by atomic mass is 9.81. The van der Waals surface area contributed by atoms with E-state index in [2.05, 4.69) is 179 Å². The zero-order valence-corrected chi connectivity index (χ0v) is 28.0. The van der Waals surface area contributed by atoms with Crippen molar-refractivity contribution in [3.05, 3.63) is 212 Å². The normalized spacial score (nSPS) is 13.0. The Kier molecular flexibility index (Phi) is 7.87. The summed E-state index contributed by atoms with van der Waals surface area (Å²) in [6, 6.07) is 47.1. The molecule has 0 heteroatoms. The van der Waals surface area contributed by atoms with Crippen LogP contribution in [-0.2, 0) is 12.8 Å². The topological polar surface area (TPSA) is 0 Å². The Balaban J connectivity index is 1.56. The molecule has 0 heterocycles. The third kappa shape index (κ3) is 5.58. The van der Waals surface area contributed by atoms with E-state index in [1.807, 2.05) is 0 Å². The Labute approximate surface area is 284 Å². The van der Waals surface area contributed by atoms with Crippen LogP contribution in [0.3, 0.4) is 0 Å². The summed E-state index contributed by atoms with van der Waals surface area (Å²) < 4.78 is 0. The van der Waals surface area contributed by atoms with Gasteiger partial charge in [0.15, 0.2) is 0 Å². The number of hydrogen-bond donors (Lipinski definition) is 0. The molecule has 48 heavy (non-hydrogen) atoms. The second-order valence-corrected chi connectivity index (χ2v) is 13.5. The van der Waals surface area contributed by atoms with Crippen molar-refractivity contribution in [3.63, 3.8) is 0 Å². The van der Waals surface area contributed by atoms with E-state index in [1.54, 1.807) is 0 Å². The molecule has 0 aliphatic heterocycles. The van der Waals surface area contributed by atoms with Crippen LogP contribution in [0.2, 0.25) is 0 Å². The summed E-state index contributed by atoms with van der Waals surface area (Å²) in [5, 5.41) is 5.36. The summed E-state index contributed by atoms with van der Waals surface area (Å²) in [4.78, 5) is 0. The average molecular weight is 617 g/mol. The van der Waals surface area contributed by atoms with Gasteiger partial charge in [-0.15, -0.1) is 0 Å². The molecule has 6 aromatic carbocycles. The first-order valence-electron chi connectivity index (χ1n) is 17.1. The molecule has 232 valence electrons. The maximum absolute atomic E-state index is 2.54. The van der Waals surface area contributed by atoms with Gasteiger partial charge in [-0.05, 0) is 128 Å². The van der Waals surface area contributed by atoms with Crippen LogP contribution in [-0.4, -0.2) is 0 Å². The fraction of sp³-hybridized carbons (Fsp3) is 0.125. The van der Waals surface area contributed by atoms with E-state index in [9.17, 15) is 0 Å². The summed E-state index contributed by atoms with van der Waals surface area (Å²) >= 11 is 0. The highest BCUT2D eigenvalue weighted by Gasteiger charge is 2.23. The van der Waals surface area contributed by atoms with E-state index in [0.29, 0.717) is 0 Å². The first-order valence-corrected chi connectivity index (χ1v) is 17.1. The SMILES string of the molecule is Cc1cc(C)c(-c2cc3c(c(C4C=CC=C4)c2=C(Cc2ccccc2)Cc2ccccc2)C=c2ccc(-c4ccccc4)cc2=3)c(C)c1. The van der Waals surface area contributed by atoms with Gasteiger partial charge < -0.3 is 0 Å². The van der Waals surface area contributed by atoms with Crippen LogP contribution >= 0.6 is 0 Å². The lowest BCUT2D eigenvalue weighted by Crippen LogP contribution is -2.23. The number of allylic oxidation sites excluding steroid dienone is 4. The van der Waals surface area contributed by atoms with Crippen molar-refractivity contribution in [1.29, 1.82) is 0 Å². The van der Waals surface area contributed by atoms with Crippen molar-refractivity contribution in [2.24, 2.45) is 0 Å². The molecular formula is C48H40. The first kappa shape index (κ1) is 29.9. The molecule has 0 saturated carbocycles. The van der Waals surface area contributed by atoms with Crippen LogP contribution in [0.1, 0.15) is 44.9 Å². The van der Waals surface area contributed by atoms with Gasteiger partial charge in [-0.3, -0.25) is 0 Å². The zero-order valence-electron chi connectivity index (χ0n) is 28.0. The molecule has 0 amide bonds. The average Bonchev–Trinajstić information content (AvgIpc) is 3.77. The van der Waals surface area contributed by atoms with E-state index in [4.69, 9.17) is 0 Å². The van der Waals surface area contributed by atoms with Gasteiger partial charge in [0.1, 0.15) is 0 Å². The largest absolute Gasteiger partial charge is 0.0732 e. The van der Waals surface area contributed by atoms with Crippen molar-refractivity contribution in [3.8, 4) is 22.3 Å². The fourth-order valence-corrected chi connectivity index (χ4v) is 8.06. The van der Waals surface area contributed by atoms with E-state index < -0.39 is 0 Å². The number of hydrogen-bond acceptors (Lipinski definition) is 0. The van der Waals surface area contributed by atoms with Gasteiger partial charge in [0.25, 0.3) is 0 Å². The molecule has 0 bridgehead atoms. The molecular weight excluding hydrogens is 577 g/mol. The molecule has 0 saturated heterocycles. The minimum atomic E-state index is 0.195.